The maximum absolute atomic E-state index is 13.0. The first-order valence-corrected chi connectivity index (χ1v) is 15.3. The third kappa shape index (κ3) is 6.35. The Morgan fingerprint density at radius 3 is 2.57 bits per heavy atom. The summed E-state index contributed by atoms with van der Waals surface area (Å²) in [7, 11) is 0. The van der Waals surface area contributed by atoms with Gasteiger partial charge in [-0.25, -0.2) is 4.98 Å². The maximum Gasteiger partial charge on any atom is 0.275 e. The monoisotopic (exact) mass is 599 g/mol. The summed E-state index contributed by atoms with van der Waals surface area (Å²) >= 11 is 3.19. The van der Waals surface area contributed by atoms with Crippen LogP contribution in [0.3, 0.4) is 0 Å². The van der Waals surface area contributed by atoms with Gasteiger partial charge in [0.05, 0.1) is 36.0 Å². The molecule has 1 aliphatic rings. The van der Waals surface area contributed by atoms with Gasteiger partial charge in [0.25, 0.3) is 5.91 Å². The number of nitrogens with one attached hydrogen (secondary N) is 1. The standard InChI is InChI=1S/C31H29N5O4S2/c1-18-27(17-41-31-36-35-19(2)42-31)39-30(40-28(18)21-12-10-20(16-37)11-13-21)22-6-5-7-23(14-22)33-29(38)26-15-32-24-8-3-4-9-25(24)34-26/h3-15,18,27-28,30,37H,16-17H2,1-2H3,(H,33,38)/t18-,27+,28+,30+/m0/s1. The van der Waals surface area contributed by atoms with Crippen molar-refractivity contribution in [1.29, 1.82) is 0 Å². The quantitative estimate of drug-likeness (QED) is 0.203. The van der Waals surface area contributed by atoms with Crippen LogP contribution in [0.1, 0.15) is 51.5 Å². The van der Waals surface area contributed by atoms with Crippen LogP contribution in [-0.2, 0) is 16.1 Å². The molecular weight excluding hydrogens is 571 g/mol. The largest absolute Gasteiger partial charge is 0.392 e. The highest BCUT2D eigenvalue weighted by Gasteiger charge is 2.38. The van der Waals surface area contributed by atoms with Crippen LogP contribution in [0, 0.1) is 12.8 Å². The molecule has 0 radical (unpaired) electrons. The zero-order chi connectivity index (χ0) is 29.1. The topological polar surface area (TPSA) is 119 Å². The summed E-state index contributed by atoms with van der Waals surface area (Å²) in [6.45, 7) is 4.05. The highest BCUT2D eigenvalue weighted by Crippen LogP contribution is 2.43. The van der Waals surface area contributed by atoms with Gasteiger partial charge in [-0.05, 0) is 42.3 Å². The van der Waals surface area contributed by atoms with E-state index in [9.17, 15) is 9.90 Å². The van der Waals surface area contributed by atoms with E-state index in [4.69, 9.17) is 9.47 Å². The minimum Gasteiger partial charge on any atom is -0.392 e. The fraction of sp³-hybridized carbons (Fsp3) is 0.258. The highest BCUT2D eigenvalue weighted by molar-refractivity contribution is 8.01. The fourth-order valence-corrected chi connectivity index (χ4v) is 6.83. The van der Waals surface area contributed by atoms with Gasteiger partial charge in [-0.1, -0.05) is 78.6 Å². The van der Waals surface area contributed by atoms with E-state index >= 15 is 0 Å². The number of amides is 1. The Hall–Kier alpha value is -3.74. The summed E-state index contributed by atoms with van der Waals surface area (Å²) in [4.78, 5) is 21.9. The Labute approximate surface area is 251 Å². The van der Waals surface area contributed by atoms with Crippen molar-refractivity contribution in [1.82, 2.24) is 20.2 Å². The second-order valence-electron chi connectivity index (χ2n) is 10.0. The van der Waals surface area contributed by atoms with E-state index in [0.29, 0.717) is 17.0 Å². The average Bonchev–Trinajstić information content (AvgIpc) is 3.45. The molecule has 1 fully saturated rings. The Morgan fingerprint density at radius 2 is 1.81 bits per heavy atom. The molecule has 1 amide bonds. The van der Waals surface area contributed by atoms with Gasteiger partial charge in [0, 0.05) is 22.9 Å². The Morgan fingerprint density at radius 1 is 1.00 bits per heavy atom. The second-order valence-corrected chi connectivity index (χ2v) is 12.5. The van der Waals surface area contributed by atoms with Crippen molar-refractivity contribution in [2.45, 2.75) is 43.3 Å². The van der Waals surface area contributed by atoms with Gasteiger partial charge in [0.15, 0.2) is 10.6 Å². The smallest absolute Gasteiger partial charge is 0.275 e. The Kier molecular flexibility index (Phi) is 8.54. The molecule has 6 rings (SSSR count). The maximum atomic E-state index is 13.0. The number of carbonyl (C=O) groups excluding carboxylic acids is 1. The number of benzene rings is 3. The molecule has 1 aliphatic heterocycles. The number of nitrogens with zero attached hydrogens (tertiary/aromatic N) is 4. The number of anilines is 1. The Balaban J connectivity index is 1.23. The molecule has 9 nitrogen and oxygen atoms in total. The molecule has 0 spiro atoms. The number of thioether (sulfide) groups is 1. The molecule has 5 aromatic rings. The number of hydrogen-bond donors (Lipinski definition) is 2. The summed E-state index contributed by atoms with van der Waals surface area (Å²) in [5.41, 5.74) is 4.84. The third-order valence-corrected chi connectivity index (χ3v) is 9.16. The minimum atomic E-state index is -0.664. The third-order valence-electron chi connectivity index (χ3n) is 7.10. The van der Waals surface area contributed by atoms with Gasteiger partial charge in [0.2, 0.25) is 0 Å². The van der Waals surface area contributed by atoms with Gasteiger partial charge in [-0.2, -0.15) is 0 Å². The first kappa shape index (κ1) is 28.4. The predicted octanol–water partition coefficient (Wildman–Crippen LogP) is 6.12. The van der Waals surface area contributed by atoms with Gasteiger partial charge < -0.3 is 19.9 Å². The molecule has 42 heavy (non-hydrogen) atoms. The summed E-state index contributed by atoms with van der Waals surface area (Å²) < 4.78 is 14.0. The van der Waals surface area contributed by atoms with E-state index in [1.807, 2.05) is 79.7 Å². The zero-order valence-electron chi connectivity index (χ0n) is 23.0. The molecule has 0 aliphatic carbocycles. The summed E-state index contributed by atoms with van der Waals surface area (Å²) in [5.74, 6) is 0.364. The summed E-state index contributed by atoms with van der Waals surface area (Å²) in [5, 5.41) is 21.7. The predicted molar refractivity (Wildman–Crippen MR) is 162 cm³/mol. The van der Waals surface area contributed by atoms with Crippen molar-refractivity contribution >= 4 is 45.7 Å². The number of fused-ring (bicyclic) bond motifs is 1. The van der Waals surface area contributed by atoms with E-state index in [-0.39, 0.29) is 36.3 Å². The van der Waals surface area contributed by atoms with Gasteiger partial charge in [-0.3, -0.25) is 9.78 Å². The first-order chi connectivity index (χ1) is 20.5. The van der Waals surface area contributed by atoms with Crippen LogP contribution in [0.4, 0.5) is 5.69 Å². The fourth-order valence-electron chi connectivity index (χ4n) is 4.82. The number of aromatic nitrogens is 4. The highest BCUT2D eigenvalue weighted by atomic mass is 32.2. The average molecular weight is 600 g/mol. The van der Waals surface area contributed by atoms with Crippen LogP contribution in [0.15, 0.2) is 83.3 Å². The number of ether oxygens (including phenoxy) is 2. The number of carbonyl (C=O) groups is 1. The summed E-state index contributed by atoms with van der Waals surface area (Å²) in [6.07, 6.45) is 0.420. The number of rotatable bonds is 8. The molecule has 4 atom stereocenters. The Bertz CT molecular complexity index is 1700. The molecule has 1 saturated heterocycles. The van der Waals surface area contributed by atoms with E-state index < -0.39 is 6.29 Å². The van der Waals surface area contributed by atoms with Crippen LogP contribution >= 0.6 is 23.1 Å². The summed E-state index contributed by atoms with van der Waals surface area (Å²) in [6, 6.07) is 22.7. The van der Waals surface area contributed by atoms with Crippen molar-refractivity contribution in [3.8, 4) is 0 Å². The van der Waals surface area contributed by atoms with Gasteiger partial charge in [-0.15, -0.1) is 10.2 Å². The molecule has 3 aromatic carbocycles. The molecule has 0 saturated carbocycles. The van der Waals surface area contributed by atoms with Crippen LogP contribution in [0.25, 0.3) is 11.0 Å². The van der Waals surface area contributed by atoms with Crippen molar-refractivity contribution in [3.05, 3.63) is 106 Å². The lowest BCUT2D eigenvalue weighted by molar-refractivity contribution is -0.268. The van der Waals surface area contributed by atoms with Crippen LogP contribution in [0.5, 0.6) is 0 Å². The number of aryl methyl sites for hydroxylation is 1. The van der Waals surface area contributed by atoms with E-state index in [1.165, 1.54) is 6.20 Å². The molecule has 0 unspecified atom stereocenters. The molecule has 214 valence electrons. The van der Waals surface area contributed by atoms with E-state index in [2.05, 4.69) is 32.4 Å². The minimum absolute atomic E-state index is 0.0169. The van der Waals surface area contributed by atoms with E-state index in [0.717, 1.165) is 31.6 Å². The molecule has 2 aromatic heterocycles. The number of aliphatic hydroxyl groups is 1. The molecule has 0 bridgehead atoms. The molecule has 3 heterocycles. The normalized spacial score (nSPS) is 20.5. The number of aliphatic hydroxyl groups excluding tert-OH is 1. The van der Waals surface area contributed by atoms with Crippen molar-refractivity contribution in [3.63, 3.8) is 0 Å². The van der Waals surface area contributed by atoms with Gasteiger partial charge in [0.1, 0.15) is 10.7 Å². The van der Waals surface area contributed by atoms with E-state index in [1.54, 1.807) is 23.1 Å². The number of hydrogen-bond acceptors (Lipinski definition) is 10. The van der Waals surface area contributed by atoms with Crippen molar-refractivity contribution in [2.75, 3.05) is 11.1 Å². The molecule has 2 N–H and O–H groups in total. The SMILES string of the molecule is Cc1nnc(SC[C@H]2O[C@@H](c3cccc(NC(=O)c4cnc5ccccc5n4)c3)O[C@@H](c3ccc(CO)cc3)[C@H]2C)s1. The lowest BCUT2D eigenvalue weighted by Gasteiger charge is -2.41. The van der Waals surface area contributed by atoms with Crippen LogP contribution < -0.4 is 5.32 Å². The lowest BCUT2D eigenvalue weighted by atomic mass is 9.91. The van der Waals surface area contributed by atoms with Crippen LogP contribution in [-0.4, -0.2) is 43.0 Å². The van der Waals surface area contributed by atoms with Crippen LogP contribution in [0.2, 0.25) is 0 Å². The zero-order valence-corrected chi connectivity index (χ0v) is 24.6. The second kappa shape index (κ2) is 12.6. The number of para-hydroxylation sites is 2. The van der Waals surface area contributed by atoms with Crippen molar-refractivity contribution in [2.24, 2.45) is 5.92 Å². The van der Waals surface area contributed by atoms with Crippen molar-refractivity contribution < 1.29 is 19.4 Å². The lowest BCUT2D eigenvalue weighted by Crippen LogP contribution is -2.38. The van der Waals surface area contributed by atoms with Gasteiger partial charge >= 0.3 is 0 Å². The molecular formula is C31H29N5O4S2. The molecule has 11 heteroatoms. The first-order valence-electron chi connectivity index (χ1n) is 13.5.